The van der Waals surface area contributed by atoms with E-state index >= 15 is 0 Å². The largest absolute Gasteiger partial charge is 0.350 e. The van der Waals surface area contributed by atoms with Gasteiger partial charge in [0.1, 0.15) is 16.5 Å². The lowest BCUT2D eigenvalue weighted by molar-refractivity contribution is 0.0949. The van der Waals surface area contributed by atoms with Gasteiger partial charge in [0.05, 0.1) is 4.88 Å². The molecule has 0 aliphatic rings. The van der Waals surface area contributed by atoms with E-state index in [9.17, 15) is 4.79 Å². The van der Waals surface area contributed by atoms with Gasteiger partial charge < -0.3 is 9.88 Å². The molecule has 3 aromatic heterocycles. The highest BCUT2D eigenvalue weighted by Gasteiger charge is 2.13. The van der Waals surface area contributed by atoms with Crippen molar-refractivity contribution in [1.82, 2.24) is 25.1 Å². The molecular weight excluding hydrogens is 418 g/mol. The van der Waals surface area contributed by atoms with Crippen LogP contribution in [-0.4, -0.2) is 32.2 Å². The van der Waals surface area contributed by atoms with E-state index in [0.29, 0.717) is 23.4 Å². The minimum absolute atomic E-state index is 0.181. The smallest absolute Gasteiger partial charge is 0.270 e. The Morgan fingerprint density at radius 3 is 2.96 bits per heavy atom. The SMILES string of the molecule is Cn1c(CCNC(=O)c2csc(-c3cc(Br)cs3)n2)n[nH]c1=S. The third-order valence-corrected chi connectivity index (χ3v) is 6.19. The summed E-state index contributed by atoms with van der Waals surface area (Å²) in [7, 11) is 1.84. The molecule has 2 N–H and O–H groups in total. The van der Waals surface area contributed by atoms with Crippen LogP contribution in [0.1, 0.15) is 16.3 Å². The maximum Gasteiger partial charge on any atom is 0.270 e. The first-order chi connectivity index (χ1) is 11.0. The van der Waals surface area contributed by atoms with Crippen LogP contribution in [0.3, 0.4) is 0 Å². The second-order valence-corrected chi connectivity index (χ2v) is 7.75. The highest BCUT2D eigenvalue weighted by molar-refractivity contribution is 9.10. The molecule has 0 radical (unpaired) electrons. The number of thiophene rings is 1. The summed E-state index contributed by atoms with van der Waals surface area (Å²) in [5.74, 6) is 0.623. The Labute approximate surface area is 153 Å². The number of nitrogens with zero attached hydrogens (tertiary/aromatic N) is 3. The predicted octanol–water partition coefficient (Wildman–Crippen LogP) is 3.40. The maximum atomic E-state index is 12.1. The average Bonchev–Trinajstić information content (AvgIpc) is 3.23. The summed E-state index contributed by atoms with van der Waals surface area (Å²) in [4.78, 5) is 17.6. The second-order valence-electron chi connectivity index (χ2n) is 4.68. The van der Waals surface area contributed by atoms with Crippen LogP contribution in [0.5, 0.6) is 0 Å². The number of halogens is 1. The third kappa shape index (κ3) is 3.77. The molecule has 23 heavy (non-hydrogen) atoms. The van der Waals surface area contributed by atoms with Crippen molar-refractivity contribution in [3.8, 4) is 9.88 Å². The molecule has 3 aromatic rings. The first-order valence-electron chi connectivity index (χ1n) is 6.63. The molecule has 0 saturated heterocycles. The predicted molar refractivity (Wildman–Crippen MR) is 97.6 cm³/mol. The second kappa shape index (κ2) is 7.04. The van der Waals surface area contributed by atoms with Gasteiger partial charge in [0.2, 0.25) is 0 Å². The lowest BCUT2D eigenvalue weighted by Gasteiger charge is -2.02. The van der Waals surface area contributed by atoms with Crippen molar-refractivity contribution in [1.29, 1.82) is 0 Å². The molecule has 6 nitrogen and oxygen atoms in total. The number of carbonyl (C=O) groups is 1. The molecule has 3 rings (SSSR count). The van der Waals surface area contributed by atoms with Crippen molar-refractivity contribution in [2.75, 3.05) is 6.54 Å². The van der Waals surface area contributed by atoms with Gasteiger partial charge in [0.25, 0.3) is 5.91 Å². The van der Waals surface area contributed by atoms with Crippen molar-refractivity contribution < 1.29 is 4.79 Å². The van der Waals surface area contributed by atoms with Crippen LogP contribution >= 0.6 is 50.8 Å². The number of H-pyrrole nitrogens is 1. The van der Waals surface area contributed by atoms with Gasteiger partial charge in [-0.05, 0) is 34.2 Å². The minimum Gasteiger partial charge on any atom is -0.350 e. The molecule has 0 fully saturated rings. The van der Waals surface area contributed by atoms with Gasteiger partial charge in [-0.2, -0.15) is 5.10 Å². The standard InChI is InChI=1S/C13H12BrN5OS3/c1-19-10(17-18-13(19)21)2-3-15-11(20)8-6-23-12(16-8)9-4-7(14)5-22-9/h4-6H,2-3H2,1H3,(H,15,20)(H,18,21). The summed E-state index contributed by atoms with van der Waals surface area (Å²) in [6.45, 7) is 0.476. The topological polar surface area (TPSA) is 75.6 Å². The minimum atomic E-state index is -0.181. The lowest BCUT2D eigenvalue weighted by Crippen LogP contribution is -2.26. The Morgan fingerprint density at radius 2 is 2.30 bits per heavy atom. The van der Waals surface area contributed by atoms with Crippen molar-refractivity contribution in [2.24, 2.45) is 7.05 Å². The molecule has 10 heteroatoms. The number of nitrogens with one attached hydrogen (secondary N) is 2. The summed E-state index contributed by atoms with van der Waals surface area (Å²) in [6, 6.07) is 2.00. The highest BCUT2D eigenvalue weighted by Crippen LogP contribution is 2.31. The Balaban J connectivity index is 1.59. The van der Waals surface area contributed by atoms with E-state index in [1.807, 2.05) is 18.5 Å². The van der Waals surface area contributed by atoms with E-state index in [2.05, 4.69) is 36.4 Å². The van der Waals surface area contributed by atoms with Crippen LogP contribution in [0.15, 0.2) is 21.3 Å². The Morgan fingerprint density at radius 1 is 1.48 bits per heavy atom. The fraction of sp³-hybridized carbons (Fsp3) is 0.231. The molecule has 0 aliphatic carbocycles. The number of hydrogen-bond acceptors (Lipinski definition) is 6. The van der Waals surface area contributed by atoms with Crippen LogP contribution < -0.4 is 5.32 Å². The number of thiazole rings is 1. The van der Waals surface area contributed by atoms with E-state index in [4.69, 9.17) is 12.2 Å². The molecule has 120 valence electrons. The summed E-state index contributed by atoms with van der Waals surface area (Å²) in [5.41, 5.74) is 0.435. The van der Waals surface area contributed by atoms with Gasteiger partial charge in [-0.1, -0.05) is 0 Å². The third-order valence-electron chi connectivity index (χ3n) is 3.12. The van der Waals surface area contributed by atoms with Crippen LogP contribution in [0.2, 0.25) is 0 Å². The molecule has 1 amide bonds. The number of amides is 1. The van der Waals surface area contributed by atoms with Crippen LogP contribution in [0, 0.1) is 4.77 Å². The number of rotatable bonds is 5. The average molecular weight is 430 g/mol. The normalized spacial score (nSPS) is 10.9. The molecule has 3 heterocycles. The maximum absolute atomic E-state index is 12.1. The first kappa shape index (κ1) is 16.5. The van der Waals surface area contributed by atoms with Crippen LogP contribution in [-0.2, 0) is 13.5 Å². The number of aromatic amines is 1. The fourth-order valence-electron chi connectivity index (χ4n) is 1.90. The zero-order chi connectivity index (χ0) is 16.4. The molecule has 0 bridgehead atoms. The van der Waals surface area contributed by atoms with E-state index in [0.717, 1.165) is 20.2 Å². The first-order valence-corrected chi connectivity index (χ1v) is 9.59. The Bertz CT molecular complexity index is 893. The van der Waals surface area contributed by atoms with Gasteiger partial charge in [-0.3, -0.25) is 9.89 Å². The van der Waals surface area contributed by atoms with Gasteiger partial charge in [-0.15, -0.1) is 22.7 Å². The summed E-state index contributed by atoms with van der Waals surface area (Å²) in [6.07, 6.45) is 0.601. The Kier molecular flexibility index (Phi) is 5.05. The van der Waals surface area contributed by atoms with Gasteiger partial charge >= 0.3 is 0 Å². The van der Waals surface area contributed by atoms with Gasteiger partial charge in [0.15, 0.2) is 4.77 Å². The molecule has 0 aromatic carbocycles. The summed E-state index contributed by atoms with van der Waals surface area (Å²) >= 11 is 11.5. The van der Waals surface area contributed by atoms with Crippen molar-refractivity contribution in [2.45, 2.75) is 6.42 Å². The molecule has 0 aliphatic heterocycles. The van der Waals surface area contributed by atoms with E-state index < -0.39 is 0 Å². The number of hydrogen-bond donors (Lipinski definition) is 2. The molecule has 0 atom stereocenters. The van der Waals surface area contributed by atoms with E-state index in [1.165, 1.54) is 11.3 Å². The van der Waals surface area contributed by atoms with Crippen LogP contribution in [0.25, 0.3) is 9.88 Å². The molecule has 0 saturated carbocycles. The number of aromatic nitrogens is 4. The molecule has 0 spiro atoms. The number of carbonyl (C=O) groups excluding carboxylic acids is 1. The zero-order valence-corrected chi connectivity index (χ0v) is 16.0. The molecule has 0 unspecified atom stereocenters. The van der Waals surface area contributed by atoms with Crippen molar-refractivity contribution in [3.05, 3.63) is 37.6 Å². The van der Waals surface area contributed by atoms with Crippen molar-refractivity contribution in [3.63, 3.8) is 0 Å². The van der Waals surface area contributed by atoms with Gasteiger partial charge in [-0.25, -0.2) is 4.98 Å². The molecular formula is C13H12BrN5OS3. The van der Waals surface area contributed by atoms with E-state index in [-0.39, 0.29) is 5.91 Å². The monoisotopic (exact) mass is 429 g/mol. The summed E-state index contributed by atoms with van der Waals surface area (Å²) in [5, 5.41) is 14.3. The zero-order valence-electron chi connectivity index (χ0n) is 12.0. The summed E-state index contributed by atoms with van der Waals surface area (Å²) < 4.78 is 3.38. The fourth-order valence-corrected chi connectivity index (χ4v) is 4.36. The highest BCUT2D eigenvalue weighted by atomic mass is 79.9. The van der Waals surface area contributed by atoms with Gasteiger partial charge in [0, 0.05) is 35.2 Å². The Hall–Kier alpha value is -1.36. The van der Waals surface area contributed by atoms with Crippen molar-refractivity contribution >= 4 is 56.7 Å². The van der Waals surface area contributed by atoms with Crippen LogP contribution in [0.4, 0.5) is 0 Å². The lowest BCUT2D eigenvalue weighted by atomic mass is 10.3. The van der Waals surface area contributed by atoms with E-state index in [1.54, 1.807) is 21.3 Å². The quantitative estimate of drug-likeness (QED) is 0.609.